The largest absolute Gasteiger partial charge is 0.393 e. The number of anilines is 1. The topological polar surface area (TPSA) is 41.0 Å². The van der Waals surface area contributed by atoms with E-state index in [-0.39, 0.29) is 0 Å². The van der Waals surface area contributed by atoms with Crippen molar-refractivity contribution in [2.24, 2.45) is 5.92 Å². The molecule has 0 aromatic carbocycles. The molecular weight excluding hydrogens is 361 g/mol. The second-order valence-corrected chi connectivity index (χ2v) is 8.45. The van der Waals surface area contributed by atoms with Crippen molar-refractivity contribution >= 4 is 27.4 Å². The van der Waals surface area contributed by atoms with Crippen molar-refractivity contribution in [3.05, 3.63) is 17.3 Å². The molecule has 0 spiro atoms. The van der Waals surface area contributed by atoms with E-state index in [4.69, 9.17) is 0 Å². The molecule has 8 heteroatoms. The van der Waals surface area contributed by atoms with Gasteiger partial charge in [-0.25, -0.2) is 9.97 Å². The number of rotatable bonds is 5. The predicted molar refractivity (Wildman–Crippen MR) is 99.9 cm³/mol. The quantitative estimate of drug-likeness (QED) is 0.827. The summed E-state index contributed by atoms with van der Waals surface area (Å²) in [4.78, 5) is 11.7. The highest BCUT2D eigenvalue weighted by Crippen LogP contribution is 2.34. The van der Waals surface area contributed by atoms with Crippen LogP contribution in [0.2, 0.25) is 0 Å². The Hall–Kier alpha value is -1.41. The maximum Gasteiger partial charge on any atom is 0.393 e. The molecule has 0 amide bonds. The van der Waals surface area contributed by atoms with E-state index in [0.717, 1.165) is 61.4 Å². The third kappa shape index (κ3) is 5.07. The van der Waals surface area contributed by atoms with Crippen LogP contribution in [0.5, 0.6) is 0 Å². The highest BCUT2D eigenvalue weighted by molar-refractivity contribution is 7.18. The Balaban J connectivity index is 1.75. The summed E-state index contributed by atoms with van der Waals surface area (Å²) in [5, 5.41) is 4.36. The summed E-state index contributed by atoms with van der Waals surface area (Å²) in [7, 11) is 0. The molecule has 1 saturated heterocycles. The molecule has 1 fully saturated rings. The fraction of sp³-hybridized carbons (Fsp3) is 0.667. The van der Waals surface area contributed by atoms with Gasteiger partial charge in [0.05, 0.1) is 11.8 Å². The summed E-state index contributed by atoms with van der Waals surface area (Å²) in [6, 6.07) is 2.10. The smallest absolute Gasteiger partial charge is 0.356 e. The molecule has 0 unspecified atom stereocenters. The van der Waals surface area contributed by atoms with Crippen molar-refractivity contribution in [3.8, 4) is 0 Å². The van der Waals surface area contributed by atoms with E-state index in [2.05, 4.69) is 34.0 Å². The fourth-order valence-corrected chi connectivity index (χ4v) is 4.37. The molecule has 1 atom stereocenters. The molecule has 2 aromatic heterocycles. The number of hydrogen-bond acceptors (Lipinski definition) is 5. The average Bonchev–Trinajstić information content (AvgIpc) is 2.80. The summed E-state index contributed by atoms with van der Waals surface area (Å²) in [6.45, 7) is 7.13. The molecule has 1 aliphatic rings. The first kappa shape index (κ1) is 19.4. The van der Waals surface area contributed by atoms with Gasteiger partial charge in [0.25, 0.3) is 0 Å². The number of fused-ring (bicyclic) bond motifs is 1. The van der Waals surface area contributed by atoms with E-state index in [1.165, 1.54) is 6.33 Å². The SMILES string of the molecule is CC(C)CN[C@@H]1CCCN(c2ncnc3sc(CC(F)(F)F)cc23)CC1. The standard InChI is InChI=1S/C18H25F3N4S/c1-12(2)10-22-13-4-3-6-25(7-5-13)16-15-8-14(9-18(19,20)21)26-17(15)24-11-23-16/h8,11-13,22H,3-7,9-10H2,1-2H3/t13-/m1/s1. The third-order valence-electron chi connectivity index (χ3n) is 4.58. The van der Waals surface area contributed by atoms with Gasteiger partial charge in [0.15, 0.2) is 0 Å². The predicted octanol–water partition coefficient (Wildman–Crippen LogP) is 4.40. The van der Waals surface area contributed by atoms with Gasteiger partial charge >= 0.3 is 6.18 Å². The van der Waals surface area contributed by atoms with Gasteiger partial charge < -0.3 is 10.2 Å². The minimum atomic E-state index is -4.20. The first-order valence-corrected chi connectivity index (χ1v) is 9.92. The van der Waals surface area contributed by atoms with Crippen molar-refractivity contribution in [2.75, 3.05) is 24.5 Å². The summed E-state index contributed by atoms with van der Waals surface area (Å²) in [6.07, 6.45) is -0.481. The van der Waals surface area contributed by atoms with Gasteiger partial charge in [-0.15, -0.1) is 11.3 Å². The second kappa shape index (κ2) is 8.08. The number of aromatic nitrogens is 2. The first-order valence-electron chi connectivity index (χ1n) is 9.10. The monoisotopic (exact) mass is 386 g/mol. The lowest BCUT2D eigenvalue weighted by molar-refractivity contribution is -0.126. The molecule has 1 aliphatic heterocycles. The van der Waals surface area contributed by atoms with Crippen LogP contribution in [0.3, 0.4) is 0 Å². The Bertz CT molecular complexity index is 729. The molecule has 0 aliphatic carbocycles. The van der Waals surface area contributed by atoms with E-state index >= 15 is 0 Å². The van der Waals surface area contributed by atoms with Crippen molar-refractivity contribution in [3.63, 3.8) is 0 Å². The van der Waals surface area contributed by atoms with E-state index in [1.54, 1.807) is 6.07 Å². The van der Waals surface area contributed by atoms with Crippen molar-refractivity contribution in [1.82, 2.24) is 15.3 Å². The van der Waals surface area contributed by atoms with E-state index in [1.807, 2.05) is 0 Å². The number of thiophene rings is 1. The van der Waals surface area contributed by atoms with Gasteiger partial charge in [-0.1, -0.05) is 13.8 Å². The van der Waals surface area contributed by atoms with Gasteiger partial charge in [-0.2, -0.15) is 13.2 Å². The Labute approximate surface area is 155 Å². The van der Waals surface area contributed by atoms with Crippen LogP contribution in [0.4, 0.5) is 19.0 Å². The zero-order valence-electron chi connectivity index (χ0n) is 15.1. The van der Waals surface area contributed by atoms with Crippen LogP contribution in [0.25, 0.3) is 10.2 Å². The van der Waals surface area contributed by atoms with Crippen molar-refractivity contribution < 1.29 is 13.2 Å². The second-order valence-electron chi connectivity index (χ2n) is 7.34. The van der Waals surface area contributed by atoms with Crippen LogP contribution < -0.4 is 10.2 Å². The number of alkyl halides is 3. The van der Waals surface area contributed by atoms with Gasteiger partial charge in [0, 0.05) is 24.0 Å². The zero-order valence-corrected chi connectivity index (χ0v) is 16.0. The van der Waals surface area contributed by atoms with Crippen LogP contribution >= 0.6 is 11.3 Å². The lowest BCUT2D eigenvalue weighted by atomic mass is 10.1. The van der Waals surface area contributed by atoms with Gasteiger partial charge in [-0.05, 0) is 37.8 Å². The van der Waals surface area contributed by atoms with Gasteiger partial charge in [-0.3, -0.25) is 0 Å². The number of nitrogens with one attached hydrogen (secondary N) is 1. The van der Waals surface area contributed by atoms with E-state index in [9.17, 15) is 13.2 Å². The first-order chi connectivity index (χ1) is 12.3. The summed E-state index contributed by atoms with van der Waals surface area (Å²) in [5.74, 6) is 1.39. The van der Waals surface area contributed by atoms with Crippen LogP contribution in [-0.4, -0.2) is 41.8 Å². The molecule has 0 radical (unpaired) electrons. The maximum absolute atomic E-state index is 12.7. The molecule has 0 saturated carbocycles. The van der Waals surface area contributed by atoms with Crippen LogP contribution in [0.15, 0.2) is 12.4 Å². The molecule has 144 valence electrons. The van der Waals surface area contributed by atoms with E-state index < -0.39 is 12.6 Å². The molecule has 4 nitrogen and oxygen atoms in total. The normalized spacial score (nSPS) is 19.3. The lowest BCUT2D eigenvalue weighted by Crippen LogP contribution is -2.33. The van der Waals surface area contributed by atoms with E-state index in [0.29, 0.717) is 21.7 Å². The summed E-state index contributed by atoms with van der Waals surface area (Å²) < 4.78 is 38.1. The molecular formula is C18H25F3N4S. The van der Waals surface area contributed by atoms with Gasteiger partial charge in [0.2, 0.25) is 0 Å². The molecule has 2 aromatic rings. The highest BCUT2D eigenvalue weighted by atomic mass is 32.1. The Morgan fingerprint density at radius 2 is 2.08 bits per heavy atom. The Morgan fingerprint density at radius 3 is 2.81 bits per heavy atom. The molecule has 0 bridgehead atoms. The Kier molecular flexibility index (Phi) is 6.02. The third-order valence-corrected chi connectivity index (χ3v) is 5.62. The zero-order chi connectivity index (χ0) is 18.7. The fourth-order valence-electron chi connectivity index (χ4n) is 3.34. The Morgan fingerprint density at radius 1 is 1.27 bits per heavy atom. The van der Waals surface area contributed by atoms with Gasteiger partial charge in [0.1, 0.15) is 17.0 Å². The molecule has 3 heterocycles. The number of halogens is 3. The van der Waals surface area contributed by atoms with Crippen LogP contribution in [0.1, 0.15) is 38.0 Å². The molecule has 1 N–H and O–H groups in total. The lowest BCUT2D eigenvalue weighted by Gasteiger charge is -2.22. The minimum Gasteiger partial charge on any atom is -0.356 e. The number of nitrogens with zero attached hydrogens (tertiary/aromatic N) is 3. The summed E-state index contributed by atoms with van der Waals surface area (Å²) >= 11 is 1.11. The molecule has 26 heavy (non-hydrogen) atoms. The van der Waals surface area contributed by atoms with Crippen LogP contribution in [0, 0.1) is 5.92 Å². The van der Waals surface area contributed by atoms with Crippen LogP contribution in [-0.2, 0) is 6.42 Å². The average molecular weight is 386 g/mol. The maximum atomic E-state index is 12.7. The number of hydrogen-bond donors (Lipinski definition) is 1. The highest BCUT2D eigenvalue weighted by Gasteiger charge is 2.29. The summed E-state index contributed by atoms with van der Waals surface area (Å²) in [5.41, 5.74) is 0. The van der Waals surface area contributed by atoms with Crippen molar-refractivity contribution in [1.29, 1.82) is 0 Å². The van der Waals surface area contributed by atoms with Crippen molar-refractivity contribution in [2.45, 2.75) is 51.7 Å². The molecule has 3 rings (SSSR count). The minimum absolute atomic E-state index is 0.292.